The molecule has 0 spiro atoms. The van der Waals surface area contributed by atoms with Crippen molar-refractivity contribution in [3.63, 3.8) is 0 Å². The number of nitrogens with zero attached hydrogens (tertiary/aromatic N) is 3. The molecule has 3 aromatic rings. The van der Waals surface area contributed by atoms with Gasteiger partial charge in [0.05, 0.1) is 11.0 Å². The van der Waals surface area contributed by atoms with Crippen LogP contribution in [0.4, 0.5) is 0 Å². The standard InChI is InChI=1S/C29H43N5O2S/c1-7-22(8-2)34-26-13-12-21(18-24(26)31-27(34)19-23-11-9-16-37-23)28(35)32-25(17-20(3)4)29(36)30-14-10-15-33(5)6/h9,11-13,16,18,20,22,25H,7-8,10,14-15,17,19H2,1-6H3,(H,30,36)(H,32,35)/t25-/m0/s1. The van der Waals surface area contributed by atoms with E-state index < -0.39 is 6.04 Å². The molecule has 0 saturated heterocycles. The van der Waals surface area contributed by atoms with Gasteiger partial charge in [-0.25, -0.2) is 4.98 Å². The average molecular weight is 526 g/mol. The number of carbonyl (C=O) groups excluding carboxylic acids is 2. The van der Waals surface area contributed by atoms with E-state index in [1.807, 2.05) is 32.3 Å². The molecular weight excluding hydrogens is 482 g/mol. The second kappa shape index (κ2) is 13.7. The highest BCUT2D eigenvalue weighted by Crippen LogP contribution is 2.28. The van der Waals surface area contributed by atoms with Crippen LogP contribution in [-0.4, -0.2) is 59.5 Å². The van der Waals surface area contributed by atoms with Crippen LogP contribution in [0, 0.1) is 5.92 Å². The van der Waals surface area contributed by atoms with Crippen LogP contribution in [-0.2, 0) is 11.2 Å². The van der Waals surface area contributed by atoms with E-state index in [2.05, 4.69) is 65.3 Å². The predicted octanol–water partition coefficient (Wildman–Crippen LogP) is 5.26. The Labute approximate surface area is 225 Å². The maximum atomic E-state index is 13.3. The predicted molar refractivity (Wildman–Crippen MR) is 153 cm³/mol. The van der Waals surface area contributed by atoms with Gasteiger partial charge >= 0.3 is 0 Å². The van der Waals surface area contributed by atoms with Gasteiger partial charge in [0.15, 0.2) is 0 Å². The zero-order valence-corrected chi connectivity index (χ0v) is 24.0. The Morgan fingerprint density at radius 3 is 2.51 bits per heavy atom. The molecule has 0 aliphatic carbocycles. The first-order chi connectivity index (χ1) is 17.7. The van der Waals surface area contributed by atoms with E-state index in [1.54, 1.807) is 11.3 Å². The second-order valence-electron chi connectivity index (χ2n) is 10.4. The molecule has 1 aromatic carbocycles. The first kappa shape index (κ1) is 28.9. The van der Waals surface area contributed by atoms with Gasteiger partial charge in [-0.3, -0.25) is 9.59 Å². The fourth-order valence-corrected chi connectivity index (χ4v) is 5.42. The summed E-state index contributed by atoms with van der Waals surface area (Å²) < 4.78 is 2.35. The van der Waals surface area contributed by atoms with Gasteiger partial charge in [-0.05, 0) is 81.9 Å². The lowest BCUT2D eigenvalue weighted by Gasteiger charge is -2.21. The molecule has 0 bridgehead atoms. The minimum absolute atomic E-state index is 0.127. The van der Waals surface area contributed by atoms with Gasteiger partial charge in [0, 0.05) is 29.4 Å². The number of hydrogen-bond acceptors (Lipinski definition) is 5. The number of hydrogen-bond donors (Lipinski definition) is 2. The lowest BCUT2D eigenvalue weighted by Crippen LogP contribution is -2.47. The summed E-state index contributed by atoms with van der Waals surface area (Å²) in [7, 11) is 4.03. The smallest absolute Gasteiger partial charge is 0.252 e. The fourth-order valence-electron chi connectivity index (χ4n) is 4.72. The molecule has 2 N–H and O–H groups in total. The molecule has 0 saturated carbocycles. The molecule has 2 amide bonds. The van der Waals surface area contributed by atoms with Gasteiger partial charge in [-0.1, -0.05) is 33.8 Å². The molecule has 7 nitrogen and oxygen atoms in total. The van der Waals surface area contributed by atoms with Crippen LogP contribution in [0.25, 0.3) is 11.0 Å². The topological polar surface area (TPSA) is 79.3 Å². The van der Waals surface area contributed by atoms with Crippen LogP contribution in [0.15, 0.2) is 35.7 Å². The van der Waals surface area contributed by atoms with E-state index >= 15 is 0 Å². The van der Waals surface area contributed by atoms with Gasteiger partial charge in [0.2, 0.25) is 5.91 Å². The SMILES string of the molecule is CCC(CC)n1c(Cc2cccs2)nc2cc(C(=O)N[C@@H](CC(C)C)C(=O)NCCCN(C)C)ccc21. The molecule has 0 fully saturated rings. The summed E-state index contributed by atoms with van der Waals surface area (Å²) in [6.07, 6.45) is 4.26. The number of nitrogens with one attached hydrogen (secondary N) is 2. The number of fused-ring (bicyclic) bond motifs is 1. The van der Waals surface area contributed by atoms with Crippen molar-refractivity contribution < 1.29 is 9.59 Å². The molecule has 8 heteroatoms. The van der Waals surface area contributed by atoms with Gasteiger partial charge in [-0.15, -0.1) is 11.3 Å². The van der Waals surface area contributed by atoms with E-state index in [4.69, 9.17) is 4.98 Å². The van der Waals surface area contributed by atoms with Crippen LogP contribution >= 0.6 is 11.3 Å². The third kappa shape index (κ3) is 7.89. The molecule has 2 aromatic heterocycles. The number of thiophene rings is 1. The average Bonchev–Trinajstić information content (AvgIpc) is 3.49. The van der Waals surface area contributed by atoms with Crippen LogP contribution in [0.2, 0.25) is 0 Å². The number of carbonyl (C=O) groups is 2. The van der Waals surface area contributed by atoms with Crippen LogP contribution < -0.4 is 10.6 Å². The number of imidazole rings is 1. The van der Waals surface area contributed by atoms with Gasteiger partial charge in [0.25, 0.3) is 5.91 Å². The summed E-state index contributed by atoms with van der Waals surface area (Å²) in [6, 6.07) is 9.72. The second-order valence-corrected chi connectivity index (χ2v) is 11.5. The van der Waals surface area contributed by atoms with Crippen molar-refractivity contribution in [3.05, 3.63) is 52.0 Å². The first-order valence-corrected chi connectivity index (χ1v) is 14.4. The van der Waals surface area contributed by atoms with Crippen LogP contribution in [0.1, 0.15) is 80.5 Å². The zero-order valence-electron chi connectivity index (χ0n) is 23.2. The fraction of sp³-hybridized carbons (Fsp3) is 0.552. The monoisotopic (exact) mass is 525 g/mol. The van der Waals surface area contributed by atoms with Gasteiger partial charge in [0.1, 0.15) is 11.9 Å². The number of amides is 2. The molecule has 3 rings (SSSR count). The molecule has 0 radical (unpaired) electrons. The van der Waals surface area contributed by atoms with Crippen molar-refractivity contribution in [3.8, 4) is 0 Å². The summed E-state index contributed by atoms with van der Waals surface area (Å²) in [5.41, 5.74) is 2.40. The summed E-state index contributed by atoms with van der Waals surface area (Å²) in [5, 5.41) is 8.07. The summed E-state index contributed by atoms with van der Waals surface area (Å²) in [5.74, 6) is 0.931. The minimum atomic E-state index is -0.570. The molecule has 202 valence electrons. The third-order valence-corrected chi connectivity index (χ3v) is 7.53. The Hall–Kier alpha value is -2.71. The Morgan fingerprint density at radius 2 is 1.89 bits per heavy atom. The molecule has 1 atom stereocenters. The molecule has 0 unspecified atom stereocenters. The quantitative estimate of drug-likeness (QED) is 0.281. The number of rotatable bonds is 14. The van der Waals surface area contributed by atoms with Gasteiger partial charge in [-0.2, -0.15) is 0 Å². The minimum Gasteiger partial charge on any atom is -0.354 e. The van der Waals surface area contributed by atoms with E-state index in [9.17, 15) is 9.59 Å². The molecule has 0 aliphatic heterocycles. The highest BCUT2D eigenvalue weighted by Gasteiger charge is 2.24. The normalized spacial score (nSPS) is 12.6. The van der Waals surface area contributed by atoms with E-state index in [0.717, 1.165) is 49.1 Å². The van der Waals surface area contributed by atoms with Crippen molar-refractivity contribution in [1.29, 1.82) is 0 Å². The maximum absolute atomic E-state index is 13.3. The van der Waals surface area contributed by atoms with Crippen molar-refractivity contribution in [1.82, 2.24) is 25.1 Å². The zero-order chi connectivity index (χ0) is 26.9. The van der Waals surface area contributed by atoms with Crippen LogP contribution in [0.5, 0.6) is 0 Å². The maximum Gasteiger partial charge on any atom is 0.252 e. The highest BCUT2D eigenvalue weighted by atomic mass is 32.1. The van der Waals surface area contributed by atoms with Crippen LogP contribution in [0.3, 0.4) is 0 Å². The molecule has 37 heavy (non-hydrogen) atoms. The lowest BCUT2D eigenvalue weighted by molar-refractivity contribution is -0.123. The Kier molecular flexibility index (Phi) is 10.7. The summed E-state index contributed by atoms with van der Waals surface area (Å²) >= 11 is 1.74. The van der Waals surface area contributed by atoms with Crippen molar-refractivity contribution >= 4 is 34.2 Å². The van der Waals surface area contributed by atoms with Crippen molar-refractivity contribution in [2.45, 2.75) is 71.9 Å². The Morgan fingerprint density at radius 1 is 1.14 bits per heavy atom. The summed E-state index contributed by atoms with van der Waals surface area (Å²) in [6.45, 7) is 10.0. The highest BCUT2D eigenvalue weighted by molar-refractivity contribution is 7.09. The molecule has 0 aliphatic rings. The Bertz CT molecular complexity index is 1150. The number of benzene rings is 1. The van der Waals surface area contributed by atoms with Crippen molar-refractivity contribution in [2.24, 2.45) is 5.92 Å². The lowest BCUT2D eigenvalue weighted by atomic mass is 10.0. The number of aromatic nitrogens is 2. The molecule has 2 heterocycles. The van der Waals surface area contributed by atoms with E-state index in [1.165, 1.54) is 4.88 Å². The molecular formula is C29H43N5O2S. The van der Waals surface area contributed by atoms with Crippen molar-refractivity contribution in [2.75, 3.05) is 27.2 Å². The summed E-state index contributed by atoms with van der Waals surface area (Å²) in [4.78, 5) is 34.5. The Balaban J connectivity index is 1.82. The van der Waals surface area contributed by atoms with E-state index in [-0.39, 0.29) is 17.7 Å². The third-order valence-electron chi connectivity index (χ3n) is 6.66. The first-order valence-electron chi connectivity index (χ1n) is 13.5. The largest absolute Gasteiger partial charge is 0.354 e. The van der Waals surface area contributed by atoms with E-state index in [0.29, 0.717) is 24.6 Å². The van der Waals surface area contributed by atoms with Gasteiger partial charge < -0.3 is 20.1 Å².